The molecule has 0 radical (unpaired) electrons. The lowest BCUT2D eigenvalue weighted by atomic mass is 10.0. The zero-order valence-corrected chi connectivity index (χ0v) is 16.4. The van der Waals surface area contributed by atoms with E-state index in [-0.39, 0.29) is 11.5 Å². The summed E-state index contributed by atoms with van der Waals surface area (Å²) in [4.78, 5) is 0. The summed E-state index contributed by atoms with van der Waals surface area (Å²) in [6.07, 6.45) is -5.69. The van der Waals surface area contributed by atoms with E-state index in [0.29, 0.717) is 11.3 Å². The molecule has 0 amide bonds. The molecule has 1 aromatic carbocycles. The number of hydrogen-bond donors (Lipinski definition) is 7. The Kier molecular flexibility index (Phi) is 8.32. The summed E-state index contributed by atoms with van der Waals surface area (Å²) in [5, 5.41) is 42.7. The molecule has 1 heterocycles. The van der Waals surface area contributed by atoms with Gasteiger partial charge in [-0.25, -0.2) is 0 Å². The normalized spacial score (nSPS) is 29.4. The maximum atomic E-state index is 10.2. The van der Waals surface area contributed by atoms with Gasteiger partial charge in [-0.2, -0.15) is 0 Å². The summed E-state index contributed by atoms with van der Waals surface area (Å²) in [7, 11) is 1.49. The number of oxime groups is 1. The van der Waals surface area contributed by atoms with Crippen LogP contribution in [0, 0.1) is 0 Å². The average molecular weight is 441 g/mol. The molecule has 1 saturated heterocycles. The third-order valence-electron chi connectivity index (χ3n) is 3.83. The lowest BCUT2D eigenvalue weighted by molar-refractivity contribution is -0.205. The van der Waals surface area contributed by atoms with Gasteiger partial charge in [-0.1, -0.05) is 29.1 Å². The van der Waals surface area contributed by atoms with Crippen molar-refractivity contribution in [1.82, 2.24) is 0 Å². The minimum Gasteiger partial charge on any atom is -0.497 e. The van der Waals surface area contributed by atoms with Crippen LogP contribution < -0.4 is 4.74 Å². The molecule has 0 bridgehead atoms. The molecule has 0 aromatic heterocycles. The van der Waals surface area contributed by atoms with E-state index in [1.54, 1.807) is 24.3 Å². The van der Waals surface area contributed by atoms with Gasteiger partial charge in [-0.05, 0) is 17.7 Å². The van der Waals surface area contributed by atoms with E-state index < -0.39 is 47.6 Å². The molecule has 1 fully saturated rings. The maximum Gasteiger partial charge on any atom is 0.287 e. The van der Waals surface area contributed by atoms with Gasteiger partial charge in [-0.3, -0.25) is 17.9 Å². The molecular weight excluding hydrogens is 418 g/mol. The first kappa shape index (κ1) is 23.2. The first-order valence-electron chi connectivity index (χ1n) is 8.01. The minimum absolute atomic E-state index is 0.0478. The molecule has 1 aliphatic heterocycles. The number of rotatable bonds is 7. The topological polar surface area (TPSA) is 182 Å². The maximum absolute atomic E-state index is 10.2. The van der Waals surface area contributed by atoms with Crippen molar-refractivity contribution in [3.8, 4) is 5.75 Å². The van der Waals surface area contributed by atoms with Crippen molar-refractivity contribution >= 4 is 28.0 Å². The number of aliphatic hydroxyl groups excluding tert-OH is 4. The Bertz CT molecular complexity index is 668. The van der Waals surface area contributed by atoms with Crippen molar-refractivity contribution in [2.75, 3.05) is 13.7 Å². The fourth-order valence-electron chi connectivity index (χ4n) is 2.44. The molecule has 0 spiro atoms. The van der Waals surface area contributed by atoms with Crippen molar-refractivity contribution in [2.24, 2.45) is 5.16 Å². The molecule has 1 aromatic rings. The highest BCUT2D eigenvalue weighted by Gasteiger charge is 2.44. The smallest absolute Gasteiger partial charge is 0.287 e. The zero-order valence-electron chi connectivity index (χ0n) is 14.7. The first-order chi connectivity index (χ1) is 13.1. The molecule has 0 aliphatic carbocycles. The second-order valence-electron chi connectivity index (χ2n) is 5.87. The number of aliphatic hydroxyl groups is 4. The Balaban J connectivity index is 2.21. The molecule has 160 valence electrons. The molecule has 0 saturated carbocycles. The largest absolute Gasteiger partial charge is 0.497 e. The summed E-state index contributed by atoms with van der Waals surface area (Å²) >= 11 is -3.61. The quantitative estimate of drug-likeness (QED) is 0.175. The van der Waals surface area contributed by atoms with Crippen LogP contribution in [0.1, 0.15) is 5.56 Å². The zero-order chi connectivity index (χ0) is 20.9. The second kappa shape index (κ2) is 10.1. The second-order valence-corrected chi connectivity index (χ2v) is 8.13. The Hall–Kier alpha value is -1.13. The molecule has 1 aliphatic rings. The third kappa shape index (κ3) is 6.45. The Morgan fingerprint density at radius 1 is 1.18 bits per heavy atom. The molecule has 13 heteroatoms. The molecule has 7 N–H and O–H groups in total. The molecule has 2 rings (SSSR count). The van der Waals surface area contributed by atoms with Crippen molar-refractivity contribution in [2.45, 2.75) is 36.3 Å². The number of nitrogens with zero attached hydrogens (tertiary/aromatic N) is 1. The van der Waals surface area contributed by atoms with Gasteiger partial charge >= 0.3 is 0 Å². The lowest BCUT2D eigenvalue weighted by Gasteiger charge is -2.39. The summed E-state index contributed by atoms with van der Waals surface area (Å²) in [6.45, 7) is -0.599. The Morgan fingerprint density at radius 3 is 2.50 bits per heavy atom. The van der Waals surface area contributed by atoms with Crippen molar-refractivity contribution in [1.29, 1.82) is 0 Å². The van der Waals surface area contributed by atoms with Crippen molar-refractivity contribution in [3.05, 3.63) is 29.8 Å². The fraction of sp³-hybridized carbons (Fsp3) is 0.533. The molecule has 11 nitrogen and oxygen atoms in total. The molecule has 28 heavy (non-hydrogen) atoms. The van der Waals surface area contributed by atoms with Crippen LogP contribution in [0.5, 0.6) is 5.75 Å². The van der Waals surface area contributed by atoms with Crippen LogP contribution in [0.3, 0.4) is 0 Å². The molecule has 5 atom stereocenters. The minimum atomic E-state index is -4.37. The number of benzene rings is 1. The van der Waals surface area contributed by atoms with E-state index in [9.17, 15) is 20.4 Å². The summed E-state index contributed by atoms with van der Waals surface area (Å²) in [5.74, 6) is 0.557. The fourth-order valence-corrected chi connectivity index (χ4v) is 3.78. The monoisotopic (exact) mass is 441 g/mol. The van der Waals surface area contributed by atoms with Crippen LogP contribution >= 0.6 is 22.9 Å². The van der Waals surface area contributed by atoms with Gasteiger partial charge in [0.05, 0.1) is 13.7 Å². The predicted octanol–water partition coefficient (Wildman–Crippen LogP) is 0.239. The molecule has 0 unspecified atom stereocenters. The number of ether oxygens (including phenoxy) is 2. The highest BCUT2D eigenvalue weighted by atomic mass is 32.3. The predicted molar refractivity (Wildman–Crippen MR) is 102 cm³/mol. The van der Waals surface area contributed by atoms with Gasteiger partial charge in [0.1, 0.15) is 40.6 Å². The van der Waals surface area contributed by atoms with Crippen LogP contribution in [0.15, 0.2) is 29.4 Å². The third-order valence-corrected chi connectivity index (χ3v) is 5.22. The highest BCUT2D eigenvalue weighted by Crippen LogP contribution is 2.36. The van der Waals surface area contributed by atoms with Gasteiger partial charge < -0.3 is 29.9 Å². The van der Waals surface area contributed by atoms with Gasteiger partial charge in [0.25, 0.3) is 11.2 Å². The van der Waals surface area contributed by atoms with E-state index in [0.717, 1.165) is 11.8 Å². The SMILES string of the molecule is COc1cccc(C/C(=N\OS(O)(O)O)S[C@H]2O[C@@H](CO)[C@@H](O)[C@@H](O)[C@H]2O)c1. The van der Waals surface area contributed by atoms with Crippen LogP contribution in [-0.4, -0.2) is 82.7 Å². The van der Waals surface area contributed by atoms with Crippen molar-refractivity contribution < 1.29 is 47.8 Å². The van der Waals surface area contributed by atoms with Crippen LogP contribution in [0.4, 0.5) is 0 Å². The average Bonchev–Trinajstić information content (AvgIpc) is 2.66. The van der Waals surface area contributed by atoms with Gasteiger partial charge in [0, 0.05) is 6.42 Å². The lowest BCUT2D eigenvalue weighted by Crippen LogP contribution is -2.57. The first-order valence-corrected chi connectivity index (χ1v) is 10.3. The number of hydrogen-bond acceptors (Lipinski definition) is 12. The van der Waals surface area contributed by atoms with E-state index in [2.05, 4.69) is 9.44 Å². The van der Waals surface area contributed by atoms with E-state index in [1.807, 2.05) is 0 Å². The van der Waals surface area contributed by atoms with Crippen LogP contribution in [-0.2, 0) is 15.4 Å². The summed E-state index contributed by atoms with van der Waals surface area (Å²) < 4.78 is 41.7. The standard InChI is InChI=1S/C15H23NO10S2/c1-24-9-4-2-3-8(5-9)6-11(16-26-28(21,22)23)27-15-14(20)13(19)12(18)10(7-17)25-15/h2-5,10,12-15,17-23H,6-7H2,1H3/b16-11+/t10-,12+,13+,14+,15+/m0/s1. The summed E-state index contributed by atoms with van der Waals surface area (Å²) in [6, 6.07) is 6.83. The van der Waals surface area contributed by atoms with Crippen LogP contribution in [0.25, 0.3) is 0 Å². The number of methoxy groups -OCH3 is 1. The van der Waals surface area contributed by atoms with E-state index in [1.165, 1.54) is 7.11 Å². The van der Waals surface area contributed by atoms with Crippen LogP contribution in [0.2, 0.25) is 0 Å². The number of thioether (sulfide) groups is 1. The van der Waals surface area contributed by atoms with Gasteiger partial charge in [0.2, 0.25) is 0 Å². The summed E-state index contributed by atoms with van der Waals surface area (Å²) in [5.41, 5.74) is -0.489. The van der Waals surface area contributed by atoms with E-state index in [4.69, 9.17) is 23.1 Å². The van der Waals surface area contributed by atoms with Gasteiger partial charge in [0.15, 0.2) is 0 Å². The van der Waals surface area contributed by atoms with Crippen molar-refractivity contribution in [3.63, 3.8) is 0 Å². The van der Waals surface area contributed by atoms with Gasteiger partial charge in [-0.15, -0.1) is 0 Å². The highest BCUT2D eigenvalue weighted by molar-refractivity contribution is 8.15. The Morgan fingerprint density at radius 2 is 1.89 bits per heavy atom. The van der Waals surface area contributed by atoms with E-state index >= 15 is 0 Å². The Labute approximate surface area is 166 Å². The molecular formula is C15H23NO10S2.